The number of nitrogens with zero attached hydrogens (tertiary/aromatic N) is 3. The highest BCUT2D eigenvalue weighted by molar-refractivity contribution is 5.88. The Hall–Kier alpha value is -2.86. The lowest BCUT2D eigenvalue weighted by Gasteiger charge is -2.40. The van der Waals surface area contributed by atoms with Gasteiger partial charge in [0.2, 0.25) is 5.91 Å². The van der Waals surface area contributed by atoms with E-state index in [2.05, 4.69) is 74.8 Å². The molecule has 6 nitrogen and oxygen atoms in total. The van der Waals surface area contributed by atoms with Gasteiger partial charge in [-0.05, 0) is 36.1 Å². The zero-order chi connectivity index (χ0) is 22.1. The third kappa shape index (κ3) is 6.56. The summed E-state index contributed by atoms with van der Waals surface area (Å²) in [7, 11) is 1.86. The number of carbonyl (C=O) groups excluding carboxylic acids is 1. The molecule has 166 valence electrons. The average molecular weight is 422 g/mol. The highest BCUT2D eigenvalue weighted by Gasteiger charge is 2.25. The lowest BCUT2D eigenvalue weighted by atomic mass is 10.0. The maximum atomic E-state index is 11.1. The number of piperazine rings is 1. The SMILES string of the molecule is CCC(c1ccccc1)N1CCN(C(=NC)NCCc2ccc(NC(C)=O)cc2)CC1. The molecular formula is C25H35N5O. The number of anilines is 1. The molecule has 1 fully saturated rings. The van der Waals surface area contributed by atoms with Gasteiger partial charge >= 0.3 is 0 Å². The summed E-state index contributed by atoms with van der Waals surface area (Å²) < 4.78 is 0. The molecule has 0 bridgehead atoms. The van der Waals surface area contributed by atoms with Gasteiger partial charge in [-0.25, -0.2) is 0 Å². The fourth-order valence-corrected chi connectivity index (χ4v) is 4.23. The van der Waals surface area contributed by atoms with E-state index in [0.717, 1.165) is 57.2 Å². The lowest BCUT2D eigenvalue weighted by molar-refractivity contribution is -0.114. The fraction of sp³-hybridized carbons (Fsp3) is 0.440. The van der Waals surface area contributed by atoms with Crippen LogP contribution in [0.25, 0.3) is 0 Å². The number of hydrogen-bond acceptors (Lipinski definition) is 3. The predicted octanol–water partition coefficient (Wildman–Crippen LogP) is 3.53. The smallest absolute Gasteiger partial charge is 0.221 e. The average Bonchev–Trinajstić information content (AvgIpc) is 2.79. The molecular weight excluding hydrogens is 386 g/mol. The number of carbonyl (C=O) groups is 1. The van der Waals surface area contributed by atoms with Crippen molar-refractivity contribution in [2.24, 2.45) is 4.99 Å². The molecule has 2 aromatic rings. The van der Waals surface area contributed by atoms with Crippen LogP contribution in [0.3, 0.4) is 0 Å². The van der Waals surface area contributed by atoms with Crippen molar-refractivity contribution in [2.75, 3.05) is 45.1 Å². The highest BCUT2D eigenvalue weighted by Crippen LogP contribution is 2.25. The lowest BCUT2D eigenvalue weighted by Crippen LogP contribution is -2.53. The van der Waals surface area contributed by atoms with Gasteiger partial charge in [0, 0.05) is 58.4 Å². The van der Waals surface area contributed by atoms with Crippen LogP contribution in [0.15, 0.2) is 59.6 Å². The van der Waals surface area contributed by atoms with E-state index in [4.69, 9.17) is 0 Å². The maximum Gasteiger partial charge on any atom is 0.221 e. The van der Waals surface area contributed by atoms with Crippen molar-refractivity contribution in [1.29, 1.82) is 0 Å². The molecule has 6 heteroatoms. The summed E-state index contributed by atoms with van der Waals surface area (Å²) >= 11 is 0. The molecule has 0 aromatic heterocycles. The molecule has 0 saturated carbocycles. The summed E-state index contributed by atoms with van der Waals surface area (Å²) in [5, 5.41) is 6.31. The number of nitrogens with one attached hydrogen (secondary N) is 2. The predicted molar refractivity (Wildman–Crippen MR) is 128 cm³/mol. The number of aliphatic imine (C=N–C) groups is 1. The van der Waals surface area contributed by atoms with E-state index >= 15 is 0 Å². The summed E-state index contributed by atoms with van der Waals surface area (Å²) in [6, 6.07) is 19.3. The summed E-state index contributed by atoms with van der Waals surface area (Å²) in [4.78, 5) is 20.6. The van der Waals surface area contributed by atoms with E-state index in [1.54, 1.807) is 0 Å². The second-order valence-corrected chi connectivity index (χ2v) is 7.96. The summed E-state index contributed by atoms with van der Waals surface area (Å²) in [6.45, 7) is 8.66. The summed E-state index contributed by atoms with van der Waals surface area (Å²) in [6.07, 6.45) is 2.03. The van der Waals surface area contributed by atoms with E-state index in [9.17, 15) is 4.79 Å². The Labute approximate surface area is 186 Å². The normalized spacial score (nSPS) is 16.1. The second kappa shape index (κ2) is 11.5. The zero-order valence-corrected chi connectivity index (χ0v) is 19.0. The maximum absolute atomic E-state index is 11.1. The first kappa shape index (κ1) is 22.8. The van der Waals surface area contributed by atoms with Crippen molar-refractivity contribution >= 4 is 17.6 Å². The van der Waals surface area contributed by atoms with Gasteiger partial charge in [0.05, 0.1) is 0 Å². The summed E-state index contributed by atoms with van der Waals surface area (Å²) in [5.74, 6) is 0.926. The Morgan fingerprint density at radius 2 is 1.71 bits per heavy atom. The van der Waals surface area contributed by atoms with E-state index in [0.29, 0.717) is 6.04 Å². The fourth-order valence-electron chi connectivity index (χ4n) is 4.23. The van der Waals surface area contributed by atoms with Crippen molar-refractivity contribution in [3.63, 3.8) is 0 Å². The van der Waals surface area contributed by atoms with Crippen LogP contribution in [0.4, 0.5) is 5.69 Å². The van der Waals surface area contributed by atoms with E-state index in [-0.39, 0.29) is 5.91 Å². The number of rotatable bonds is 7. The van der Waals surface area contributed by atoms with Gasteiger partial charge in [-0.15, -0.1) is 0 Å². The van der Waals surface area contributed by atoms with Crippen molar-refractivity contribution in [3.05, 3.63) is 65.7 Å². The van der Waals surface area contributed by atoms with Gasteiger partial charge in [-0.3, -0.25) is 14.7 Å². The van der Waals surface area contributed by atoms with Gasteiger partial charge in [-0.1, -0.05) is 49.4 Å². The van der Waals surface area contributed by atoms with Crippen LogP contribution in [0.2, 0.25) is 0 Å². The van der Waals surface area contributed by atoms with Gasteiger partial charge in [-0.2, -0.15) is 0 Å². The van der Waals surface area contributed by atoms with Crippen LogP contribution in [-0.2, 0) is 11.2 Å². The highest BCUT2D eigenvalue weighted by atomic mass is 16.1. The van der Waals surface area contributed by atoms with Crippen molar-refractivity contribution < 1.29 is 4.79 Å². The van der Waals surface area contributed by atoms with Crippen LogP contribution < -0.4 is 10.6 Å². The van der Waals surface area contributed by atoms with Crippen LogP contribution in [0.1, 0.15) is 37.4 Å². The Balaban J connectivity index is 1.46. The molecule has 2 aromatic carbocycles. The van der Waals surface area contributed by atoms with Crippen LogP contribution >= 0.6 is 0 Å². The monoisotopic (exact) mass is 421 g/mol. The van der Waals surface area contributed by atoms with Crippen molar-refractivity contribution in [1.82, 2.24) is 15.1 Å². The largest absolute Gasteiger partial charge is 0.356 e. The number of benzene rings is 2. The molecule has 1 aliphatic rings. The quantitative estimate of drug-likeness (QED) is 0.530. The number of hydrogen-bond donors (Lipinski definition) is 2. The second-order valence-electron chi connectivity index (χ2n) is 7.96. The Morgan fingerprint density at radius 1 is 1.03 bits per heavy atom. The van der Waals surface area contributed by atoms with Gasteiger partial charge in [0.25, 0.3) is 0 Å². The molecule has 1 unspecified atom stereocenters. The minimum absolute atomic E-state index is 0.0488. The first-order chi connectivity index (χ1) is 15.1. The zero-order valence-electron chi connectivity index (χ0n) is 19.0. The third-order valence-corrected chi connectivity index (χ3v) is 5.81. The molecule has 3 rings (SSSR count). The minimum Gasteiger partial charge on any atom is -0.356 e. The number of guanidine groups is 1. The molecule has 2 N–H and O–H groups in total. The third-order valence-electron chi connectivity index (χ3n) is 5.81. The Kier molecular flexibility index (Phi) is 8.47. The molecule has 1 amide bonds. The first-order valence-corrected chi connectivity index (χ1v) is 11.2. The van der Waals surface area contributed by atoms with Crippen LogP contribution in [-0.4, -0.2) is 61.4 Å². The van der Waals surface area contributed by atoms with Crippen molar-refractivity contribution in [2.45, 2.75) is 32.7 Å². The van der Waals surface area contributed by atoms with Gasteiger partial charge in [0.15, 0.2) is 5.96 Å². The van der Waals surface area contributed by atoms with E-state index in [1.165, 1.54) is 18.1 Å². The van der Waals surface area contributed by atoms with Gasteiger partial charge in [0.1, 0.15) is 0 Å². The van der Waals surface area contributed by atoms with E-state index in [1.807, 2.05) is 19.2 Å². The topological polar surface area (TPSA) is 60.0 Å². The number of amides is 1. The van der Waals surface area contributed by atoms with Gasteiger partial charge < -0.3 is 15.5 Å². The molecule has 31 heavy (non-hydrogen) atoms. The first-order valence-electron chi connectivity index (χ1n) is 11.2. The standard InChI is InChI=1S/C25H35N5O/c1-4-24(22-8-6-5-7-9-22)29-16-18-30(19-17-29)25(26-3)27-15-14-21-10-12-23(13-11-21)28-20(2)31/h5-13,24H,4,14-19H2,1-3H3,(H,26,27)(H,28,31). The molecule has 1 heterocycles. The molecule has 0 spiro atoms. The Morgan fingerprint density at radius 3 is 2.29 bits per heavy atom. The molecule has 1 saturated heterocycles. The molecule has 1 atom stereocenters. The molecule has 0 aliphatic carbocycles. The minimum atomic E-state index is -0.0488. The van der Waals surface area contributed by atoms with Crippen LogP contribution in [0, 0.1) is 0 Å². The molecule has 1 aliphatic heterocycles. The molecule has 0 radical (unpaired) electrons. The van der Waals surface area contributed by atoms with E-state index < -0.39 is 0 Å². The summed E-state index contributed by atoms with van der Waals surface area (Å²) in [5.41, 5.74) is 3.47. The van der Waals surface area contributed by atoms with Crippen LogP contribution in [0.5, 0.6) is 0 Å². The van der Waals surface area contributed by atoms with Crippen molar-refractivity contribution in [3.8, 4) is 0 Å². The Bertz CT molecular complexity index is 842.